The lowest BCUT2D eigenvalue weighted by Crippen LogP contribution is -2.52. The fourth-order valence-electron chi connectivity index (χ4n) is 3.28. The molecule has 0 bridgehead atoms. The van der Waals surface area contributed by atoms with Gasteiger partial charge in [-0.05, 0) is 68.7 Å². The lowest BCUT2D eigenvalue weighted by Gasteiger charge is -2.32. The summed E-state index contributed by atoms with van der Waals surface area (Å²) < 4.78 is 27.1. The van der Waals surface area contributed by atoms with Crippen molar-refractivity contribution in [2.75, 3.05) is 17.1 Å². The van der Waals surface area contributed by atoms with E-state index < -0.39 is 28.5 Å². The lowest BCUT2D eigenvalue weighted by atomic mass is 10.1. The van der Waals surface area contributed by atoms with E-state index in [0.717, 1.165) is 32.6 Å². The number of rotatable bonds is 10. The van der Waals surface area contributed by atoms with Crippen molar-refractivity contribution in [3.05, 3.63) is 63.1 Å². The Labute approximate surface area is 215 Å². The van der Waals surface area contributed by atoms with E-state index in [2.05, 4.69) is 21.2 Å². The van der Waals surface area contributed by atoms with Crippen molar-refractivity contribution in [1.82, 2.24) is 10.2 Å². The molecule has 10 heteroatoms. The zero-order chi connectivity index (χ0) is 25.6. The van der Waals surface area contributed by atoms with Crippen LogP contribution >= 0.6 is 27.5 Å². The summed E-state index contributed by atoms with van der Waals surface area (Å²) in [4.78, 5) is 27.8. The van der Waals surface area contributed by atoms with Crippen LogP contribution in [0.15, 0.2) is 46.9 Å². The summed E-state index contributed by atoms with van der Waals surface area (Å²) in [5, 5.41) is 3.40. The van der Waals surface area contributed by atoms with Crippen LogP contribution in [-0.2, 0) is 26.2 Å². The van der Waals surface area contributed by atoms with E-state index in [-0.39, 0.29) is 18.5 Å². The van der Waals surface area contributed by atoms with E-state index in [1.807, 2.05) is 20.8 Å². The molecule has 0 radical (unpaired) electrons. The zero-order valence-corrected chi connectivity index (χ0v) is 23.2. The molecule has 0 saturated heterocycles. The molecular weight excluding hydrogens is 542 g/mol. The highest BCUT2D eigenvalue weighted by atomic mass is 79.9. The van der Waals surface area contributed by atoms with Crippen molar-refractivity contribution in [3.63, 3.8) is 0 Å². The van der Waals surface area contributed by atoms with E-state index in [9.17, 15) is 18.0 Å². The largest absolute Gasteiger partial charge is 0.352 e. The van der Waals surface area contributed by atoms with Crippen molar-refractivity contribution in [2.24, 2.45) is 0 Å². The second kappa shape index (κ2) is 12.0. The van der Waals surface area contributed by atoms with Gasteiger partial charge in [-0.25, -0.2) is 8.42 Å². The number of nitrogens with zero attached hydrogens (tertiary/aromatic N) is 2. The van der Waals surface area contributed by atoms with E-state index in [1.54, 1.807) is 49.4 Å². The monoisotopic (exact) mass is 571 g/mol. The highest BCUT2D eigenvalue weighted by molar-refractivity contribution is 9.10. The van der Waals surface area contributed by atoms with Gasteiger partial charge in [0.25, 0.3) is 0 Å². The minimum absolute atomic E-state index is 0.0590. The molecule has 34 heavy (non-hydrogen) atoms. The smallest absolute Gasteiger partial charge is 0.244 e. The van der Waals surface area contributed by atoms with Crippen LogP contribution in [0.3, 0.4) is 0 Å². The number of halogens is 2. The molecular formula is C24H31BrClN3O4S. The topological polar surface area (TPSA) is 86.8 Å². The zero-order valence-electron chi connectivity index (χ0n) is 20.0. The van der Waals surface area contributed by atoms with Gasteiger partial charge in [0.2, 0.25) is 21.8 Å². The van der Waals surface area contributed by atoms with Crippen molar-refractivity contribution >= 4 is 55.1 Å². The third-order valence-electron chi connectivity index (χ3n) is 5.52. The van der Waals surface area contributed by atoms with Crippen LogP contribution in [0, 0.1) is 6.92 Å². The maximum absolute atomic E-state index is 13.5. The van der Waals surface area contributed by atoms with Gasteiger partial charge in [0.15, 0.2) is 0 Å². The van der Waals surface area contributed by atoms with Gasteiger partial charge in [0.05, 0.1) is 11.9 Å². The van der Waals surface area contributed by atoms with Crippen molar-refractivity contribution in [3.8, 4) is 0 Å². The lowest BCUT2D eigenvalue weighted by molar-refractivity contribution is -0.139. The van der Waals surface area contributed by atoms with Gasteiger partial charge >= 0.3 is 0 Å². The molecule has 1 N–H and O–H groups in total. The predicted octanol–water partition coefficient (Wildman–Crippen LogP) is 4.51. The molecule has 2 atom stereocenters. The number of hydrogen-bond acceptors (Lipinski definition) is 4. The van der Waals surface area contributed by atoms with Crippen LogP contribution in [0.1, 0.15) is 38.3 Å². The van der Waals surface area contributed by atoms with Crippen molar-refractivity contribution in [2.45, 2.75) is 52.7 Å². The molecule has 0 aliphatic heterocycles. The van der Waals surface area contributed by atoms with Crippen molar-refractivity contribution in [1.29, 1.82) is 0 Å². The molecule has 0 aliphatic carbocycles. The van der Waals surface area contributed by atoms with E-state index in [4.69, 9.17) is 11.6 Å². The highest BCUT2D eigenvalue weighted by Crippen LogP contribution is 2.25. The second-order valence-electron chi connectivity index (χ2n) is 8.35. The molecule has 0 unspecified atom stereocenters. The van der Waals surface area contributed by atoms with Crippen LogP contribution in [0.4, 0.5) is 5.69 Å². The SMILES string of the molecule is CC[C@@H](C)NC(=O)[C@H](C)N(Cc1cccc(Cl)c1)C(=O)CN(c1ccc(Br)c(C)c1)S(C)(=O)=O. The van der Waals surface area contributed by atoms with E-state index in [1.165, 1.54) is 4.90 Å². The molecule has 2 rings (SSSR count). The Balaban J connectivity index is 2.41. The molecule has 0 aliphatic rings. The van der Waals surface area contributed by atoms with Gasteiger partial charge in [-0.3, -0.25) is 13.9 Å². The number of benzene rings is 2. The number of carbonyl (C=O) groups is 2. The second-order valence-corrected chi connectivity index (χ2v) is 11.5. The predicted molar refractivity (Wildman–Crippen MR) is 140 cm³/mol. The Hall–Kier alpha value is -2.10. The molecule has 0 heterocycles. The summed E-state index contributed by atoms with van der Waals surface area (Å²) in [6, 6.07) is 11.2. The van der Waals surface area contributed by atoms with Gasteiger partial charge in [0, 0.05) is 22.1 Å². The fourth-order valence-corrected chi connectivity index (χ4v) is 4.58. The van der Waals surface area contributed by atoms with Gasteiger partial charge in [0.1, 0.15) is 12.6 Å². The minimum Gasteiger partial charge on any atom is -0.352 e. The molecule has 2 aromatic carbocycles. The van der Waals surface area contributed by atoms with Crippen LogP contribution in [0.25, 0.3) is 0 Å². The summed E-state index contributed by atoms with van der Waals surface area (Å²) in [5.41, 5.74) is 1.93. The highest BCUT2D eigenvalue weighted by Gasteiger charge is 2.30. The molecule has 0 aromatic heterocycles. The number of anilines is 1. The standard InChI is InChI=1S/C24H31BrClN3O4S/c1-6-17(3)27-24(31)18(4)28(14-19-8-7-9-20(26)13-19)23(30)15-29(34(5,32)33)21-10-11-22(25)16(2)12-21/h7-13,17-18H,6,14-15H2,1-5H3,(H,27,31)/t17-,18+/m1/s1. The Kier molecular flexibility index (Phi) is 9.96. The Morgan fingerprint density at radius 1 is 1.15 bits per heavy atom. The van der Waals surface area contributed by atoms with Gasteiger partial charge in [-0.2, -0.15) is 0 Å². The molecule has 0 spiro atoms. The van der Waals surface area contributed by atoms with E-state index in [0.29, 0.717) is 10.7 Å². The van der Waals surface area contributed by atoms with Crippen molar-refractivity contribution < 1.29 is 18.0 Å². The Morgan fingerprint density at radius 3 is 2.38 bits per heavy atom. The average molecular weight is 573 g/mol. The minimum atomic E-state index is -3.78. The summed E-state index contributed by atoms with van der Waals surface area (Å²) in [5.74, 6) is -0.812. The quantitative estimate of drug-likeness (QED) is 0.454. The summed E-state index contributed by atoms with van der Waals surface area (Å²) in [6.07, 6.45) is 1.80. The average Bonchev–Trinajstić information content (AvgIpc) is 2.76. The molecule has 2 amide bonds. The molecule has 0 saturated carbocycles. The first kappa shape index (κ1) is 28.1. The van der Waals surface area contributed by atoms with E-state index >= 15 is 0 Å². The Bertz CT molecular complexity index is 1140. The number of sulfonamides is 1. The maximum Gasteiger partial charge on any atom is 0.244 e. The molecule has 7 nitrogen and oxygen atoms in total. The van der Waals surface area contributed by atoms with Gasteiger partial charge < -0.3 is 10.2 Å². The molecule has 186 valence electrons. The third kappa shape index (κ3) is 7.71. The van der Waals surface area contributed by atoms with Crippen LogP contribution in [0.2, 0.25) is 5.02 Å². The molecule has 0 fully saturated rings. The Morgan fingerprint density at radius 2 is 1.82 bits per heavy atom. The van der Waals surface area contributed by atoms with Crippen LogP contribution in [-0.4, -0.2) is 50.0 Å². The first-order valence-corrected chi connectivity index (χ1v) is 13.9. The van der Waals surface area contributed by atoms with Crippen LogP contribution < -0.4 is 9.62 Å². The number of nitrogens with one attached hydrogen (secondary N) is 1. The fraction of sp³-hybridized carbons (Fsp3) is 0.417. The summed E-state index contributed by atoms with van der Waals surface area (Å²) >= 11 is 9.52. The number of carbonyl (C=O) groups excluding carboxylic acids is 2. The number of amides is 2. The number of hydrogen-bond donors (Lipinski definition) is 1. The maximum atomic E-state index is 13.5. The first-order valence-electron chi connectivity index (χ1n) is 10.9. The van der Waals surface area contributed by atoms with Crippen LogP contribution in [0.5, 0.6) is 0 Å². The summed E-state index contributed by atoms with van der Waals surface area (Å²) in [6.45, 7) is 6.97. The summed E-state index contributed by atoms with van der Waals surface area (Å²) in [7, 11) is -3.78. The normalized spacial score (nSPS) is 13.1. The molecule has 2 aromatic rings. The van der Waals surface area contributed by atoms with Gasteiger partial charge in [-0.1, -0.05) is 46.6 Å². The third-order valence-corrected chi connectivity index (χ3v) is 7.78. The number of aryl methyl sites for hydroxylation is 1. The van der Waals surface area contributed by atoms with Gasteiger partial charge in [-0.15, -0.1) is 0 Å². The first-order chi connectivity index (χ1) is 15.8.